The lowest BCUT2D eigenvalue weighted by atomic mass is 9.96. The summed E-state index contributed by atoms with van der Waals surface area (Å²) in [7, 11) is -3.58. The number of hydrogen-bond donors (Lipinski definition) is 0. The normalized spacial score (nSPS) is 15.2. The molecule has 1 aliphatic rings. The zero-order valence-corrected chi connectivity index (χ0v) is 20.2. The summed E-state index contributed by atoms with van der Waals surface area (Å²) in [5.74, 6) is 1.32. The SMILES string of the molecule is O=S(=O)(c1ccc(Oc2ccccc2)cc1)N1CCN(C(c2ccccc2)c2ccccc2)CC1. The van der Waals surface area contributed by atoms with Gasteiger partial charge in [0.05, 0.1) is 10.9 Å². The monoisotopic (exact) mass is 484 g/mol. The Bertz CT molecular complexity index is 1280. The lowest BCUT2D eigenvalue weighted by molar-refractivity contribution is 0.156. The van der Waals surface area contributed by atoms with Gasteiger partial charge in [0.25, 0.3) is 0 Å². The van der Waals surface area contributed by atoms with Gasteiger partial charge >= 0.3 is 0 Å². The van der Waals surface area contributed by atoms with Crippen molar-refractivity contribution in [2.24, 2.45) is 0 Å². The van der Waals surface area contributed by atoms with Crippen molar-refractivity contribution in [1.82, 2.24) is 9.21 Å². The Morgan fingerprint density at radius 3 is 1.54 bits per heavy atom. The van der Waals surface area contributed by atoms with Crippen LogP contribution in [0.4, 0.5) is 0 Å². The van der Waals surface area contributed by atoms with Crippen LogP contribution in [0.1, 0.15) is 17.2 Å². The first-order valence-corrected chi connectivity index (χ1v) is 13.2. The van der Waals surface area contributed by atoms with Crippen LogP contribution in [0.2, 0.25) is 0 Å². The highest BCUT2D eigenvalue weighted by Gasteiger charge is 2.32. The highest BCUT2D eigenvalue weighted by molar-refractivity contribution is 7.89. The molecule has 4 aromatic rings. The summed E-state index contributed by atoms with van der Waals surface area (Å²) in [5.41, 5.74) is 2.42. The maximum Gasteiger partial charge on any atom is 0.243 e. The van der Waals surface area contributed by atoms with Crippen LogP contribution in [-0.4, -0.2) is 43.8 Å². The molecule has 0 aliphatic carbocycles. The van der Waals surface area contributed by atoms with Gasteiger partial charge in [-0.3, -0.25) is 4.90 Å². The minimum absolute atomic E-state index is 0.0941. The number of ether oxygens (including phenoxy) is 1. The first-order valence-electron chi connectivity index (χ1n) is 11.8. The van der Waals surface area contributed by atoms with E-state index < -0.39 is 10.0 Å². The van der Waals surface area contributed by atoms with E-state index in [1.807, 2.05) is 42.5 Å². The lowest BCUT2D eigenvalue weighted by Crippen LogP contribution is -2.49. The largest absolute Gasteiger partial charge is 0.457 e. The third-order valence-electron chi connectivity index (χ3n) is 6.31. The van der Waals surface area contributed by atoms with Gasteiger partial charge in [-0.05, 0) is 47.5 Å². The van der Waals surface area contributed by atoms with Gasteiger partial charge in [-0.1, -0.05) is 78.9 Å². The summed E-state index contributed by atoms with van der Waals surface area (Å²) in [5, 5.41) is 0. The summed E-state index contributed by atoms with van der Waals surface area (Å²) in [4.78, 5) is 2.65. The topological polar surface area (TPSA) is 49.9 Å². The summed E-state index contributed by atoms with van der Waals surface area (Å²) in [6, 6.07) is 37.0. The molecule has 0 amide bonds. The number of sulfonamides is 1. The summed E-state index contributed by atoms with van der Waals surface area (Å²) < 4.78 is 34.1. The van der Waals surface area contributed by atoms with Crippen LogP contribution < -0.4 is 4.74 Å². The second kappa shape index (κ2) is 10.4. The summed E-state index contributed by atoms with van der Waals surface area (Å²) >= 11 is 0. The molecule has 1 heterocycles. The highest BCUT2D eigenvalue weighted by atomic mass is 32.2. The van der Waals surface area contributed by atoms with Gasteiger partial charge in [0.2, 0.25) is 10.0 Å². The average molecular weight is 485 g/mol. The molecular formula is C29H28N2O3S. The quantitative estimate of drug-likeness (QED) is 0.344. The standard InChI is InChI=1S/C29H28N2O3S/c32-35(33,28-18-16-27(17-19-28)34-26-14-8-3-9-15-26)31-22-20-30(21-23-31)29(24-10-4-1-5-11-24)25-12-6-2-7-13-25/h1-19,29H,20-23H2. The molecule has 1 aliphatic heterocycles. The van der Waals surface area contributed by atoms with Crippen molar-refractivity contribution in [3.8, 4) is 11.5 Å². The van der Waals surface area contributed by atoms with Crippen LogP contribution in [0.5, 0.6) is 11.5 Å². The van der Waals surface area contributed by atoms with E-state index in [-0.39, 0.29) is 10.9 Å². The van der Waals surface area contributed by atoms with E-state index in [0.717, 1.165) is 0 Å². The molecule has 0 atom stereocenters. The molecule has 4 aromatic carbocycles. The Labute approximate surface area is 207 Å². The molecule has 5 nitrogen and oxygen atoms in total. The predicted octanol–water partition coefficient (Wildman–Crippen LogP) is 5.57. The molecule has 0 N–H and O–H groups in total. The van der Waals surface area contributed by atoms with Gasteiger partial charge in [-0.2, -0.15) is 4.31 Å². The molecule has 1 fully saturated rings. The van der Waals surface area contributed by atoms with Crippen molar-refractivity contribution in [2.45, 2.75) is 10.9 Å². The van der Waals surface area contributed by atoms with E-state index in [2.05, 4.69) is 53.4 Å². The molecule has 0 aromatic heterocycles. The van der Waals surface area contributed by atoms with Crippen molar-refractivity contribution in [3.63, 3.8) is 0 Å². The summed E-state index contributed by atoms with van der Waals surface area (Å²) in [6.07, 6.45) is 0. The van der Waals surface area contributed by atoms with Gasteiger partial charge in [0, 0.05) is 26.2 Å². The minimum Gasteiger partial charge on any atom is -0.457 e. The molecule has 1 saturated heterocycles. The Kier molecular flexibility index (Phi) is 6.95. The zero-order chi connectivity index (χ0) is 24.1. The average Bonchev–Trinajstić information content (AvgIpc) is 2.91. The smallest absolute Gasteiger partial charge is 0.243 e. The molecule has 35 heavy (non-hydrogen) atoms. The minimum atomic E-state index is -3.58. The van der Waals surface area contributed by atoms with Crippen LogP contribution in [0.25, 0.3) is 0 Å². The number of benzene rings is 4. The Morgan fingerprint density at radius 1 is 0.571 bits per heavy atom. The third-order valence-corrected chi connectivity index (χ3v) is 8.22. The molecule has 5 rings (SSSR count). The van der Waals surface area contributed by atoms with E-state index in [1.54, 1.807) is 28.6 Å². The van der Waals surface area contributed by atoms with Crippen molar-refractivity contribution < 1.29 is 13.2 Å². The second-order valence-electron chi connectivity index (χ2n) is 8.55. The van der Waals surface area contributed by atoms with Gasteiger partial charge in [0.15, 0.2) is 0 Å². The Hall–Kier alpha value is -3.45. The zero-order valence-electron chi connectivity index (χ0n) is 19.4. The fraction of sp³-hybridized carbons (Fsp3) is 0.172. The fourth-order valence-corrected chi connectivity index (χ4v) is 5.96. The first kappa shape index (κ1) is 23.3. The Morgan fingerprint density at radius 2 is 1.03 bits per heavy atom. The third kappa shape index (κ3) is 5.30. The van der Waals surface area contributed by atoms with Gasteiger partial charge < -0.3 is 4.74 Å². The van der Waals surface area contributed by atoms with Gasteiger partial charge in [0.1, 0.15) is 11.5 Å². The number of rotatable bonds is 7. The van der Waals surface area contributed by atoms with Crippen LogP contribution in [0.15, 0.2) is 120 Å². The molecule has 0 saturated carbocycles. The molecule has 0 bridgehead atoms. The lowest BCUT2D eigenvalue weighted by Gasteiger charge is -2.39. The maximum atomic E-state index is 13.3. The van der Waals surface area contributed by atoms with Crippen molar-refractivity contribution in [1.29, 1.82) is 0 Å². The Balaban J connectivity index is 1.29. The van der Waals surface area contributed by atoms with Crippen LogP contribution >= 0.6 is 0 Å². The molecule has 178 valence electrons. The molecule has 6 heteroatoms. The van der Waals surface area contributed by atoms with E-state index in [4.69, 9.17) is 4.74 Å². The van der Waals surface area contributed by atoms with Crippen LogP contribution in [0.3, 0.4) is 0 Å². The van der Waals surface area contributed by atoms with E-state index in [1.165, 1.54) is 11.1 Å². The number of hydrogen-bond acceptors (Lipinski definition) is 4. The molecule has 0 radical (unpaired) electrons. The van der Waals surface area contributed by atoms with E-state index >= 15 is 0 Å². The highest BCUT2D eigenvalue weighted by Crippen LogP contribution is 2.31. The first-order chi connectivity index (χ1) is 17.1. The molecule has 0 spiro atoms. The van der Waals surface area contributed by atoms with Crippen LogP contribution in [0, 0.1) is 0 Å². The van der Waals surface area contributed by atoms with Gasteiger partial charge in [-0.15, -0.1) is 0 Å². The summed E-state index contributed by atoms with van der Waals surface area (Å²) in [6.45, 7) is 2.20. The van der Waals surface area contributed by atoms with E-state index in [9.17, 15) is 8.42 Å². The molecule has 0 unspecified atom stereocenters. The number of nitrogens with zero attached hydrogens (tertiary/aromatic N) is 2. The second-order valence-corrected chi connectivity index (χ2v) is 10.5. The van der Waals surface area contributed by atoms with E-state index in [0.29, 0.717) is 37.7 Å². The van der Waals surface area contributed by atoms with Gasteiger partial charge in [-0.25, -0.2) is 8.42 Å². The van der Waals surface area contributed by atoms with Crippen molar-refractivity contribution >= 4 is 10.0 Å². The number of piperazine rings is 1. The number of para-hydroxylation sites is 1. The van der Waals surface area contributed by atoms with Crippen LogP contribution in [-0.2, 0) is 10.0 Å². The molecular weight excluding hydrogens is 456 g/mol. The predicted molar refractivity (Wildman–Crippen MR) is 138 cm³/mol. The fourth-order valence-electron chi connectivity index (χ4n) is 4.54. The van der Waals surface area contributed by atoms with Crippen molar-refractivity contribution in [2.75, 3.05) is 26.2 Å². The van der Waals surface area contributed by atoms with Crippen molar-refractivity contribution in [3.05, 3.63) is 126 Å². The maximum absolute atomic E-state index is 13.3.